The smallest absolute Gasteiger partial charge is 0.262 e. The van der Waals surface area contributed by atoms with Crippen molar-refractivity contribution in [3.8, 4) is 5.75 Å². The molecule has 0 unspecified atom stereocenters. The van der Waals surface area contributed by atoms with Crippen molar-refractivity contribution in [1.82, 2.24) is 0 Å². The maximum absolute atomic E-state index is 12.1. The highest BCUT2D eigenvalue weighted by Crippen LogP contribution is 2.21. The van der Waals surface area contributed by atoms with Gasteiger partial charge in [0.05, 0.1) is 5.75 Å². The predicted molar refractivity (Wildman–Crippen MR) is 118 cm³/mol. The van der Waals surface area contributed by atoms with Crippen molar-refractivity contribution in [3.63, 3.8) is 0 Å². The van der Waals surface area contributed by atoms with Crippen LogP contribution >= 0.6 is 11.8 Å². The Morgan fingerprint density at radius 1 is 0.793 bits per heavy atom. The summed E-state index contributed by atoms with van der Waals surface area (Å²) in [5, 5.41) is 5.66. The highest BCUT2D eigenvalue weighted by atomic mass is 32.2. The van der Waals surface area contributed by atoms with E-state index in [0.717, 1.165) is 16.1 Å². The van der Waals surface area contributed by atoms with Gasteiger partial charge in [-0.05, 0) is 55.5 Å². The second-order valence-corrected chi connectivity index (χ2v) is 7.43. The summed E-state index contributed by atoms with van der Waals surface area (Å²) in [5.41, 5.74) is 2.62. The number of thioether (sulfide) groups is 1. The fourth-order valence-electron chi connectivity index (χ4n) is 2.48. The van der Waals surface area contributed by atoms with Crippen molar-refractivity contribution < 1.29 is 14.3 Å². The Labute approximate surface area is 174 Å². The molecule has 148 valence electrons. The van der Waals surface area contributed by atoms with Gasteiger partial charge in [-0.2, -0.15) is 0 Å². The molecule has 0 fully saturated rings. The number of aryl methyl sites for hydroxylation is 1. The number of hydrogen-bond acceptors (Lipinski definition) is 4. The van der Waals surface area contributed by atoms with Crippen LogP contribution in [0.1, 0.15) is 5.56 Å². The molecular formula is C23H22N2O3S. The van der Waals surface area contributed by atoms with Gasteiger partial charge in [0.2, 0.25) is 5.91 Å². The van der Waals surface area contributed by atoms with Gasteiger partial charge < -0.3 is 15.4 Å². The second-order valence-electron chi connectivity index (χ2n) is 6.38. The van der Waals surface area contributed by atoms with E-state index in [-0.39, 0.29) is 18.4 Å². The number of nitrogens with one attached hydrogen (secondary N) is 2. The summed E-state index contributed by atoms with van der Waals surface area (Å²) in [6, 6.07) is 24.2. The van der Waals surface area contributed by atoms with Gasteiger partial charge in [-0.25, -0.2) is 0 Å². The lowest BCUT2D eigenvalue weighted by Gasteiger charge is -2.08. The molecule has 0 atom stereocenters. The number of carbonyl (C=O) groups excluding carboxylic acids is 2. The van der Waals surface area contributed by atoms with Gasteiger partial charge in [-0.1, -0.05) is 35.9 Å². The first-order valence-electron chi connectivity index (χ1n) is 9.15. The zero-order valence-electron chi connectivity index (χ0n) is 16.1. The molecule has 3 aromatic rings. The first-order valence-corrected chi connectivity index (χ1v) is 10.1. The molecule has 3 aromatic carbocycles. The normalized spacial score (nSPS) is 10.2. The molecule has 3 rings (SSSR count). The molecule has 29 heavy (non-hydrogen) atoms. The molecule has 2 N–H and O–H groups in total. The summed E-state index contributed by atoms with van der Waals surface area (Å²) < 4.78 is 5.42. The van der Waals surface area contributed by atoms with E-state index in [9.17, 15) is 9.59 Å². The van der Waals surface area contributed by atoms with E-state index in [2.05, 4.69) is 10.6 Å². The van der Waals surface area contributed by atoms with Crippen LogP contribution in [0.25, 0.3) is 0 Å². The molecule has 0 heterocycles. The first-order chi connectivity index (χ1) is 14.1. The van der Waals surface area contributed by atoms with Crippen LogP contribution < -0.4 is 15.4 Å². The minimum Gasteiger partial charge on any atom is -0.484 e. The van der Waals surface area contributed by atoms with E-state index in [1.54, 1.807) is 24.3 Å². The van der Waals surface area contributed by atoms with Crippen LogP contribution in [-0.4, -0.2) is 24.2 Å². The summed E-state index contributed by atoms with van der Waals surface area (Å²) in [7, 11) is 0. The van der Waals surface area contributed by atoms with Gasteiger partial charge in [0.1, 0.15) is 5.75 Å². The first kappa shape index (κ1) is 20.5. The highest BCUT2D eigenvalue weighted by molar-refractivity contribution is 8.00. The predicted octanol–water partition coefficient (Wildman–Crippen LogP) is 4.74. The third-order valence-corrected chi connectivity index (χ3v) is 4.97. The van der Waals surface area contributed by atoms with Gasteiger partial charge in [-0.3, -0.25) is 9.59 Å². The Hall–Kier alpha value is -3.25. The van der Waals surface area contributed by atoms with Crippen molar-refractivity contribution >= 4 is 35.0 Å². The lowest BCUT2D eigenvalue weighted by molar-refractivity contribution is -0.118. The van der Waals surface area contributed by atoms with Crippen LogP contribution in [0.15, 0.2) is 83.8 Å². The molecule has 2 amide bonds. The summed E-state index contributed by atoms with van der Waals surface area (Å²) in [4.78, 5) is 25.0. The van der Waals surface area contributed by atoms with E-state index in [1.165, 1.54) is 11.8 Å². The third kappa shape index (κ3) is 7.01. The molecular weight excluding hydrogens is 384 g/mol. The Morgan fingerprint density at radius 2 is 1.38 bits per heavy atom. The van der Waals surface area contributed by atoms with E-state index in [4.69, 9.17) is 4.74 Å². The summed E-state index contributed by atoms with van der Waals surface area (Å²) in [6.45, 7) is 1.95. The van der Waals surface area contributed by atoms with Crippen molar-refractivity contribution in [2.75, 3.05) is 23.0 Å². The van der Waals surface area contributed by atoms with Crippen molar-refractivity contribution in [2.24, 2.45) is 0 Å². The number of carbonyl (C=O) groups is 2. The van der Waals surface area contributed by atoms with Crippen LogP contribution in [0, 0.1) is 6.92 Å². The van der Waals surface area contributed by atoms with Crippen LogP contribution in [0.2, 0.25) is 0 Å². The molecule has 0 spiro atoms. The number of para-hydroxylation sites is 1. The fraction of sp³-hybridized carbons (Fsp3) is 0.130. The van der Waals surface area contributed by atoms with Crippen molar-refractivity contribution in [1.29, 1.82) is 0 Å². The van der Waals surface area contributed by atoms with E-state index >= 15 is 0 Å². The van der Waals surface area contributed by atoms with Crippen LogP contribution in [0.5, 0.6) is 5.75 Å². The van der Waals surface area contributed by atoms with Crippen LogP contribution in [0.4, 0.5) is 11.4 Å². The summed E-state index contributed by atoms with van der Waals surface area (Å²) in [6.07, 6.45) is 0. The second kappa shape index (κ2) is 10.3. The maximum atomic E-state index is 12.1. The molecule has 0 aliphatic heterocycles. The monoisotopic (exact) mass is 406 g/mol. The SMILES string of the molecule is Cc1ccc(NC(=O)CSc2ccc(NC(=O)COc3ccccc3)cc2)cc1. The number of rotatable bonds is 8. The number of amides is 2. The largest absolute Gasteiger partial charge is 0.484 e. The lowest BCUT2D eigenvalue weighted by Crippen LogP contribution is -2.20. The van der Waals surface area contributed by atoms with Gasteiger partial charge in [0.25, 0.3) is 5.91 Å². The number of ether oxygens (including phenoxy) is 1. The quantitative estimate of drug-likeness (QED) is 0.530. The number of anilines is 2. The minimum absolute atomic E-state index is 0.0559. The van der Waals surface area contributed by atoms with Crippen molar-refractivity contribution in [3.05, 3.63) is 84.4 Å². The van der Waals surface area contributed by atoms with E-state index in [1.807, 2.05) is 61.5 Å². The molecule has 0 saturated heterocycles. The van der Waals surface area contributed by atoms with Crippen LogP contribution in [0.3, 0.4) is 0 Å². The molecule has 0 aliphatic carbocycles. The standard InChI is InChI=1S/C23H22N2O3S/c1-17-7-9-18(10-8-17)25-23(27)16-29-21-13-11-19(12-14-21)24-22(26)15-28-20-5-3-2-4-6-20/h2-14H,15-16H2,1H3,(H,24,26)(H,25,27). The van der Waals surface area contributed by atoms with Gasteiger partial charge in [-0.15, -0.1) is 11.8 Å². The topological polar surface area (TPSA) is 67.4 Å². The van der Waals surface area contributed by atoms with Gasteiger partial charge in [0.15, 0.2) is 6.61 Å². The molecule has 6 heteroatoms. The summed E-state index contributed by atoms with van der Waals surface area (Å²) >= 11 is 1.44. The molecule has 0 aromatic heterocycles. The number of hydrogen-bond donors (Lipinski definition) is 2. The van der Waals surface area contributed by atoms with Gasteiger partial charge >= 0.3 is 0 Å². The zero-order valence-corrected chi connectivity index (χ0v) is 16.9. The Kier molecular flexibility index (Phi) is 7.30. The highest BCUT2D eigenvalue weighted by Gasteiger charge is 2.06. The molecule has 0 aliphatic rings. The van der Waals surface area contributed by atoms with Crippen molar-refractivity contribution in [2.45, 2.75) is 11.8 Å². The van der Waals surface area contributed by atoms with E-state index < -0.39 is 0 Å². The molecule has 0 bridgehead atoms. The minimum atomic E-state index is -0.230. The summed E-state index contributed by atoms with van der Waals surface area (Å²) in [5.74, 6) is 0.671. The average molecular weight is 407 g/mol. The molecule has 0 saturated carbocycles. The van der Waals surface area contributed by atoms with E-state index in [0.29, 0.717) is 17.2 Å². The molecule has 0 radical (unpaired) electrons. The van der Waals surface area contributed by atoms with Crippen LogP contribution in [-0.2, 0) is 9.59 Å². The third-order valence-electron chi connectivity index (χ3n) is 3.96. The Morgan fingerprint density at radius 3 is 2.03 bits per heavy atom. The number of benzene rings is 3. The molecule has 5 nitrogen and oxygen atoms in total. The zero-order chi connectivity index (χ0) is 20.5. The Balaban J connectivity index is 1.41. The lowest BCUT2D eigenvalue weighted by atomic mass is 10.2. The Bertz CT molecular complexity index is 942. The van der Waals surface area contributed by atoms with Gasteiger partial charge in [0, 0.05) is 16.3 Å². The fourth-order valence-corrected chi connectivity index (χ4v) is 3.18. The maximum Gasteiger partial charge on any atom is 0.262 e. The average Bonchev–Trinajstić information content (AvgIpc) is 2.74.